The van der Waals surface area contributed by atoms with Crippen molar-refractivity contribution in [1.29, 1.82) is 0 Å². The molecule has 0 atom stereocenters. The van der Waals surface area contributed by atoms with Crippen molar-refractivity contribution in [3.8, 4) is 11.1 Å². The Hall–Kier alpha value is -2.97. The maximum Gasteiger partial charge on any atom is 0.245 e. The number of nitrogens with one attached hydrogen (secondary N) is 1. The van der Waals surface area contributed by atoms with Crippen LogP contribution in [-0.4, -0.2) is 32.6 Å². The highest BCUT2D eigenvalue weighted by atomic mass is 32.2. The molecule has 30 heavy (non-hydrogen) atoms. The van der Waals surface area contributed by atoms with Crippen LogP contribution in [0.1, 0.15) is 23.4 Å². The van der Waals surface area contributed by atoms with E-state index in [2.05, 4.69) is 28.1 Å². The predicted molar refractivity (Wildman–Crippen MR) is 114 cm³/mol. The summed E-state index contributed by atoms with van der Waals surface area (Å²) in [6.07, 6.45) is 0.842. The predicted octanol–water partition coefficient (Wildman–Crippen LogP) is 3.22. The maximum absolute atomic E-state index is 12.8. The van der Waals surface area contributed by atoms with E-state index in [9.17, 15) is 13.2 Å². The summed E-state index contributed by atoms with van der Waals surface area (Å²) < 4.78 is 32.4. The first-order valence-corrected chi connectivity index (χ1v) is 11.3. The smallest absolute Gasteiger partial charge is 0.245 e. The molecule has 0 fully saturated rings. The molecule has 1 aromatic heterocycles. The second kappa shape index (κ2) is 8.04. The quantitative estimate of drug-likeness (QED) is 0.655. The summed E-state index contributed by atoms with van der Waals surface area (Å²) >= 11 is 0. The minimum atomic E-state index is -3.78. The van der Waals surface area contributed by atoms with Crippen molar-refractivity contribution in [2.75, 3.05) is 18.0 Å². The summed E-state index contributed by atoms with van der Waals surface area (Å²) in [6.45, 7) is 3.72. The Kier molecular flexibility index (Phi) is 5.44. The molecule has 1 aliphatic rings. The highest BCUT2D eigenvalue weighted by molar-refractivity contribution is 7.89. The van der Waals surface area contributed by atoms with Gasteiger partial charge in [0.25, 0.3) is 0 Å². The molecule has 1 N–H and O–H groups in total. The number of nitrogens with zero attached hydrogens (tertiary/aromatic N) is 2. The van der Waals surface area contributed by atoms with E-state index in [-0.39, 0.29) is 29.5 Å². The third kappa shape index (κ3) is 3.76. The number of rotatable bonds is 6. The second-order valence-electron chi connectivity index (χ2n) is 7.27. The number of hydrogen-bond donors (Lipinski definition) is 1. The maximum atomic E-state index is 12.8. The van der Waals surface area contributed by atoms with Gasteiger partial charge in [-0.1, -0.05) is 47.6 Å². The normalized spacial score (nSPS) is 13.5. The monoisotopic (exact) mass is 425 g/mol. The van der Waals surface area contributed by atoms with Crippen LogP contribution in [0.4, 0.5) is 5.69 Å². The van der Waals surface area contributed by atoms with E-state index in [4.69, 9.17) is 4.52 Å². The fraction of sp³-hybridized carbons (Fsp3) is 0.273. The van der Waals surface area contributed by atoms with Gasteiger partial charge in [-0.15, -0.1) is 0 Å². The van der Waals surface area contributed by atoms with Gasteiger partial charge >= 0.3 is 0 Å². The summed E-state index contributed by atoms with van der Waals surface area (Å²) in [7, 11) is -3.78. The number of carbonyl (C=O) groups is 1. The SMILES string of the molecule is Cc1noc(C)c1S(=O)(=O)NCCC(=O)N1CCc2c(-c3ccccc3)cccc21. The van der Waals surface area contributed by atoms with Crippen molar-refractivity contribution in [3.63, 3.8) is 0 Å². The topological polar surface area (TPSA) is 92.5 Å². The molecule has 156 valence electrons. The second-order valence-corrected chi connectivity index (χ2v) is 8.97. The van der Waals surface area contributed by atoms with E-state index in [0.29, 0.717) is 12.2 Å². The fourth-order valence-corrected chi connectivity index (χ4v) is 5.30. The number of aromatic nitrogens is 1. The van der Waals surface area contributed by atoms with Gasteiger partial charge in [0.15, 0.2) is 5.76 Å². The Balaban J connectivity index is 1.46. The lowest BCUT2D eigenvalue weighted by Gasteiger charge is -2.18. The molecule has 2 heterocycles. The zero-order valence-corrected chi connectivity index (χ0v) is 17.7. The zero-order valence-electron chi connectivity index (χ0n) is 16.9. The van der Waals surface area contributed by atoms with Gasteiger partial charge in [-0.2, -0.15) is 0 Å². The van der Waals surface area contributed by atoms with Crippen LogP contribution in [0.15, 0.2) is 57.9 Å². The van der Waals surface area contributed by atoms with Crippen molar-refractivity contribution in [3.05, 3.63) is 65.5 Å². The van der Waals surface area contributed by atoms with Gasteiger partial charge in [0, 0.05) is 25.2 Å². The van der Waals surface area contributed by atoms with E-state index in [1.165, 1.54) is 0 Å². The van der Waals surface area contributed by atoms with Gasteiger partial charge in [-0.3, -0.25) is 4.79 Å². The van der Waals surface area contributed by atoms with Gasteiger partial charge in [-0.05, 0) is 43.0 Å². The summed E-state index contributed by atoms with van der Waals surface area (Å²) in [4.78, 5) is 14.6. The number of carbonyl (C=O) groups excluding carboxylic acids is 1. The Bertz CT molecular complexity index is 1170. The van der Waals surface area contributed by atoms with E-state index in [1.54, 1.807) is 18.7 Å². The van der Waals surface area contributed by atoms with Crippen LogP contribution in [0.5, 0.6) is 0 Å². The lowest BCUT2D eigenvalue weighted by atomic mass is 9.98. The van der Waals surface area contributed by atoms with Gasteiger partial charge in [0.1, 0.15) is 10.6 Å². The molecule has 0 bridgehead atoms. The van der Waals surface area contributed by atoms with E-state index in [1.807, 2.05) is 30.3 Å². The van der Waals surface area contributed by atoms with Crippen LogP contribution in [0, 0.1) is 13.8 Å². The minimum Gasteiger partial charge on any atom is -0.360 e. The summed E-state index contributed by atoms with van der Waals surface area (Å²) in [5.74, 6) is 0.119. The average Bonchev–Trinajstić information content (AvgIpc) is 3.31. The molecule has 4 rings (SSSR count). The van der Waals surface area contributed by atoms with Crippen LogP contribution in [0.3, 0.4) is 0 Å². The Labute approximate surface area is 175 Å². The molecule has 2 aromatic carbocycles. The number of fused-ring (bicyclic) bond motifs is 1. The summed E-state index contributed by atoms with van der Waals surface area (Å²) in [6, 6.07) is 16.1. The van der Waals surface area contributed by atoms with Crippen LogP contribution >= 0.6 is 0 Å². The Morgan fingerprint density at radius 1 is 1.13 bits per heavy atom. The average molecular weight is 426 g/mol. The number of anilines is 1. The van der Waals surface area contributed by atoms with Crippen LogP contribution in [0.25, 0.3) is 11.1 Å². The zero-order chi connectivity index (χ0) is 21.3. The number of hydrogen-bond acceptors (Lipinski definition) is 5. The van der Waals surface area contributed by atoms with Gasteiger partial charge in [0.2, 0.25) is 15.9 Å². The Morgan fingerprint density at radius 2 is 1.90 bits per heavy atom. The third-order valence-electron chi connectivity index (χ3n) is 5.28. The molecule has 7 nitrogen and oxygen atoms in total. The number of sulfonamides is 1. The van der Waals surface area contributed by atoms with Gasteiger partial charge < -0.3 is 9.42 Å². The molecule has 0 saturated heterocycles. The van der Waals surface area contributed by atoms with Crippen molar-refractivity contribution in [2.45, 2.75) is 31.6 Å². The summed E-state index contributed by atoms with van der Waals surface area (Å²) in [5, 5.41) is 3.68. The standard InChI is InChI=1S/C22H23N3O4S/c1-15-22(16(2)29-24-15)30(27,28)23-13-11-21(26)25-14-12-19-18(9-6-10-20(19)25)17-7-4-3-5-8-17/h3-10,23H,11-14H2,1-2H3. The molecule has 0 aliphatic carbocycles. The van der Waals surface area contributed by atoms with E-state index < -0.39 is 10.0 Å². The van der Waals surface area contributed by atoms with E-state index >= 15 is 0 Å². The molecular formula is C22H23N3O4S. The van der Waals surface area contributed by atoms with Gasteiger partial charge in [-0.25, -0.2) is 13.1 Å². The molecule has 0 unspecified atom stereocenters. The first kappa shape index (κ1) is 20.3. The first-order chi connectivity index (χ1) is 14.4. The molecule has 3 aromatic rings. The largest absolute Gasteiger partial charge is 0.360 e. The highest BCUT2D eigenvalue weighted by Crippen LogP contribution is 2.36. The molecule has 1 aliphatic heterocycles. The van der Waals surface area contributed by atoms with Crippen LogP contribution in [-0.2, 0) is 21.2 Å². The molecule has 1 amide bonds. The van der Waals surface area contributed by atoms with Crippen molar-refractivity contribution < 1.29 is 17.7 Å². The number of benzene rings is 2. The molecule has 0 spiro atoms. The molecule has 0 saturated carbocycles. The number of aryl methyl sites for hydroxylation is 2. The Morgan fingerprint density at radius 3 is 2.60 bits per heavy atom. The molecular weight excluding hydrogens is 402 g/mol. The lowest BCUT2D eigenvalue weighted by molar-refractivity contribution is -0.118. The van der Waals surface area contributed by atoms with Crippen molar-refractivity contribution >= 4 is 21.6 Å². The lowest BCUT2D eigenvalue weighted by Crippen LogP contribution is -2.33. The van der Waals surface area contributed by atoms with Crippen LogP contribution < -0.4 is 9.62 Å². The number of amides is 1. The fourth-order valence-electron chi connectivity index (χ4n) is 3.94. The van der Waals surface area contributed by atoms with Gasteiger partial charge in [0.05, 0.1) is 0 Å². The third-order valence-corrected chi connectivity index (χ3v) is 6.99. The van der Waals surface area contributed by atoms with Crippen molar-refractivity contribution in [1.82, 2.24) is 9.88 Å². The molecule has 0 radical (unpaired) electrons. The summed E-state index contributed by atoms with van der Waals surface area (Å²) in [5.41, 5.74) is 4.59. The first-order valence-electron chi connectivity index (χ1n) is 9.78. The molecule has 8 heteroatoms. The van der Waals surface area contributed by atoms with Crippen molar-refractivity contribution in [2.24, 2.45) is 0 Å². The minimum absolute atomic E-state index is 0.00936. The van der Waals surface area contributed by atoms with E-state index in [0.717, 1.165) is 28.8 Å². The van der Waals surface area contributed by atoms with Crippen LogP contribution in [0.2, 0.25) is 0 Å². The highest BCUT2D eigenvalue weighted by Gasteiger charge is 2.28.